The molecule has 1 aliphatic heterocycles. The quantitative estimate of drug-likeness (QED) is 0.903. The lowest BCUT2D eigenvalue weighted by molar-refractivity contribution is -0.121. The number of carbonyl (C=O) groups is 1. The van der Waals surface area contributed by atoms with Gasteiger partial charge in [0.25, 0.3) is 0 Å². The lowest BCUT2D eigenvalue weighted by Crippen LogP contribution is -2.33. The van der Waals surface area contributed by atoms with Crippen molar-refractivity contribution in [1.82, 2.24) is 10.2 Å². The summed E-state index contributed by atoms with van der Waals surface area (Å²) in [5.41, 5.74) is 1.03. The van der Waals surface area contributed by atoms with Crippen LogP contribution in [0.25, 0.3) is 0 Å². The lowest BCUT2D eigenvalue weighted by atomic mass is 10.0. The van der Waals surface area contributed by atoms with Crippen molar-refractivity contribution in [1.29, 1.82) is 0 Å². The number of amides is 1. The van der Waals surface area contributed by atoms with Crippen LogP contribution >= 0.6 is 0 Å². The maximum atomic E-state index is 13.5. The second kappa shape index (κ2) is 8.13. The summed E-state index contributed by atoms with van der Waals surface area (Å²) in [5, 5.41) is 2.84. The molecule has 1 saturated heterocycles. The predicted octanol–water partition coefficient (Wildman–Crippen LogP) is 3.27. The van der Waals surface area contributed by atoms with E-state index in [9.17, 15) is 9.18 Å². The number of rotatable bonds is 5. The van der Waals surface area contributed by atoms with Gasteiger partial charge in [-0.05, 0) is 44.0 Å². The molecule has 3 nitrogen and oxygen atoms in total. The third kappa shape index (κ3) is 4.81. The first kappa shape index (κ1) is 16.0. The molecule has 0 bridgehead atoms. The Bertz CT molecular complexity index is 464. The van der Waals surface area contributed by atoms with Crippen molar-refractivity contribution in [2.75, 3.05) is 19.6 Å². The fourth-order valence-electron chi connectivity index (χ4n) is 3.06. The van der Waals surface area contributed by atoms with Crippen LogP contribution in [0.4, 0.5) is 4.39 Å². The van der Waals surface area contributed by atoms with Crippen LogP contribution in [0.2, 0.25) is 0 Å². The fourth-order valence-corrected chi connectivity index (χ4v) is 3.06. The zero-order valence-corrected chi connectivity index (χ0v) is 12.8. The van der Waals surface area contributed by atoms with Gasteiger partial charge in [-0.15, -0.1) is 0 Å². The van der Waals surface area contributed by atoms with Gasteiger partial charge in [0.05, 0.1) is 0 Å². The van der Waals surface area contributed by atoms with Crippen LogP contribution < -0.4 is 5.32 Å². The van der Waals surface area contributed by atoms with Gasteiger partial charge in [0.15, 0.2) is 0 Å². The summed E-state index contributed by atoms with van der Waals surface area (Å²) < 4.78 is 13.5. The van der Waals surface area contributed by atoms with Crippen LogP contribution in [0.5, 0.6) is 0 Å². The van der Waals surface area contributed by atoms with E-state index in [-0.39, 0.29) is 17.8 Å². The van der Waals surface area contributed by atoms with Crippen molar-refractivity contribution in [3.63, 3.8) is 0 Å². The number of hydrogen-bond acceptors (Lipinski definition) is 2. The first-order valence-electron chi connectivity index (χ1n) is 7.97. The highest BCUT2D eigenvalue weighted by atomic mass is 19.1. The van der Waals surface area contributed by atoms with Crippen LogP contribution in [0.1, 0.15) is 50.6 Å². The summed E-state index contributed by atoms with van der Waals surface area (Å²) in [6.07, 6.45) is 5.09. The number of benzene rings is 1. The summed E-state index contributed by atoms with van der Waals surface area (Å²) in [5.74, 6) is -0.0832. The van der Waals surface area contributed by atoms with E-state index < -0.39 is 0 Å². The molecular formula is C17H25FN2O. The molecule has 1 N–H and O–H groups in total. The van der Waals surface area contributed by atoms with E-state index in [1.54, 1.807) is 12.1 Å². The van der Waals surface area contributed by atoms with E-state index in [0.717, 1.165) is 31.5 Å². The molecular weight excluding hydrogens is 267 g/mol. The van der Waals surface area contributed by atoms with Crippen LogP contribution in [0.3, 0.4) is 0 Å². The molecule has 1 atom stereocenters. The highest BCUT2D eigenvalue weighted by molar-refractivity contribution is 5.75. The standard InChI is InChI=1S/C17H25FN2O/c1-2-19-17(21)10-12-20-11-5-3-4-9-16(20)14-7-6-8-15(18)13-14/h6-8,13,16H,2-5,9-12H2,1H3,(H,19,21)/t16-/m1/s1. The number of nitrogens with one attached hydrogen (secondary N) is 1. The highest BCUT2D eigenvalue weighted by Crippen LogP contribution is 2.30. The molecule has 0 saturated carbocycles. The molecule has 1 amide bonds. The van der Waals surface area contributed by atoms with Crippen LogP contribution in [-0.4, -0.2) is 30.4 Å². The maximum absolute atomic E-state index is 13.5. The zero-order valence-electron chi connectivity index (χ0n) is 12.8. The minimum absolute atomic E-state index is 0.0970. The molecule has 0 radical (unpaired) electrons. The van der Waals surface area contributed by atoms with E-state index in [0.29, 0.717) is 13.0 Å². The molecule has 0 unspecified atom stereocenters. The third-order valence-corrected chi connectivity index (χ3v) is 4.10. The summed E-state index contributed by atoms with van der Waals surface area (Å²) in [6.45, 7) is 4.33. The van der Waals surface area contributed by atoms with Gasteiger partial charge in [0, 0.05) is 25.6 Å². The highest BCUT2D eigenvalue weighted by Gasteiger charge is 2.23. The molecule has 21 heavy (non-hydrogen) atoms. The molecule has 116 valence electrons. The Morgan fingerprint density at radius 1 is 1.38 bits per heavy atom. The molecule has 1 heterocycles. The zero-order chi connectivity index (χ0) is 15.1. The summed E-state index contributed by atoms with van der Waals surface area (Å²) >= 11 is 0. The Labute approximate surface area is 126 Å². The predicted molar refractivity (Wildman–Crippen MR) is 82.5 cm³/mol. The van der Waals surface area contributed by atoms with Crippen molar-refractivity contribution in [2.24, 2.45) is 0 Å². The van der Waals surface area contributed by atoms with Gasteiger partial charge < -0.3 is 5.32 Å². The van der Waals surface area contributed by atoms with Gasteiger partial charge in [0.1, 0.15) is 5.82 Å². The number of halogens is 1. The van der Waals surface area contributed by atoms with E-state index in [1.807, 2.05) is 13.0 Å². The molecule has 1 aromatic carbocycles. The summed E-state index contributed by atoms with van der Waals surface area (Å²) in [4.78, 5) is 14.0. The van der Waals surface area contributed by atoms with Crippen LogP contribution in [-0.2, 0) is 4.79 Å². The monoisotopic (exact) mass is 292 g/mol. The molecule has 0 aliphatic carbocycles. The minimum atomic E-state index is -0.180. The number of likely N-dealkylation sites (tertiary alicyclic amines) is 1. The molecule has 0 aromatic heterocycles. The molecule has 4 heteroatoms. The van der Waals surface area contributed by atoms with E-state index in [1.165, 1.54) is 18.9 Å². The summed E-state index contributed by atoms with van der Waals surface area (Å²) in [7, 11) is 0. The SMILES string of the molecule is CCNC(=O)CCN1CCCCC[C@@H]1c1cccc(F)c1. The molecule has 1 fully saturated rings. The lowest BCUT2D eigenvalue weighted by Gasteiger charge is -2.30. The molecule has 1 aliphatic rings. The van der Waals surface area contributed by atoms with Gasteiger partial charge in [0.2, 0.25) is 5.91 Å². The van der Waals surface area contributed by atoms with Crippen molar-refractivity contribution >= 4 is 5.91 Å². The molecule has 0 spiro atoms. The largest absolute Gasteiger partial charge is 0.356 e. The summed E-state index contributed by atoms with van der Waals surface area (Å²) in [6, 6.07) is 7.13. The second-order valence-electron chi connectivity index (χ2n) is 5.66. The van der Waals surface area contributed by atoms with Gasteiger partial charge in [-0.1, -0.05) is 25.0 Å². The number of nitrogens with zero attached hydrogens (tertiary/aromatic N) is 1. The van der Waals surface area contributed by atoms with Gasteiger partial charge in [-0.25, -0.2) is 4.39 Å². The van der Waals surface area contributed by atoms with Crippen molar-refractivity contribution in [3.05, 3.63) is 35.6 Å². The Morgan fingerprint density at radius 3 is 3.00 bits per heavy atom. The topological polar surface area (TPSA) is 32.3 Å². The van der Waals surface area contributed by atoms with Gasteiger partial charge in [-0.3, -0.25) is 9.69 Å². The Kier molecular flexibility index (Phi) is 6.18. The number of carbonyl (C=O) groups excluding carboxylic acids is 1. The van der Waals surface area contributed by atoms with E-state index >= 15 is 0 Å². The first-order valence-corrected chi connectivity index (χ1v) is 7.97. The third-order valence-electron chi connectivity index (χ3n) is 4.10. The van der Waals surface area contributed by atoms with Crippen molar-refractivity contribution in [2.45, 2.75) is 45.1 Å². The smallest absolute Gasteiger partial charge is 0.221 e. The van der Waals surface area contributed by atoms with Crippen molar-refractivity contribution in [3.8, 4) is 0 Å². The minimum Gasteiger partial charge on any atom is -0.356 e. The second-order valence-corrected chi connectivity index (χ2v) is 5.66. The Hall–Kier alpha value is -1.42. The normalized spacial score (nSPS) is 20.0. The molecule has 2 rings (SSSR count). The van der Waals surface area contributed by atoms with E-state index in [4.69, 9.17) is 0 Å². The fraction of sp³-hybridized carbons (Fsp3) is 0.588. The average Bonchev–Trinajstić information content (AvgIpc) is 2.71. The van der Waals surface area contributed by atoms with Crippen molar-refractivity contribution < 1.29 is 9.18 Å². The van der Waals surface area contributed by atoms with Gasteiger partial charge >= 0.3 is 0 Å². The molecule has 1 aromatic rings. The number of hydrogen-bond donors (Lipinski definition) is 1. The van der Waals surface area contributed by atoms with Crippen LogP contribution in [0.15, 0.2) is 24.3 Å². The Morgan fingerprint density at radius 2 is 2.24 bits per heavy atom. The van der Waals surface area contributed by atoms with Crippen LogP contribution in [0, 0.1) is 5.82 Å². The maximum Gasteiger partial charge on any atom is 0.221 e. The average molecular weight is 292 g/mol. The first-order chi connectivity index (χ1) is 10.2. The Balaban J connectivity index is 2.05. The van der Waals surface area contributed by atoms with Gasteiger partial charge in [-0.2, -0.15) is 0 Å². The van der Waals surface area contributed by atoms with E-state index in [2.05, 4.69) is 10.2 Å².